The quantitative estimate of drug-likeness (QED) is 0.705. The molecule has 0 bridgehead atoms. The minimum Gasteiger partial charge on any atom is -0.380 e. The van der Waals surface area contributed by atoms with E-state index in [2.05, 4.69) is 30.6 Å². The van der Waals surface area contributed by atoms with Crippen LogP contribution in [0.3, 0.4) is 0 Å². The molecule has 0 saturated carbocycles. The molecule has 0 aromatic carbocycles. The van der Waals surface area contributed by atoms with Crippen LogP contribution in [0.1, 0.15) is 6.92 Å². The van der Waals surface area contributed by atoms with Gasteiger partial charge in [-0.1, -0.05) is 0 Å². The number of anilines is 2. The molecule has 0 saturated heterocycles. The van der Waals surface area contributed by atoms with Gasteiger partial charge in [-0.2, -0.15) is 15.0 Å². The largest absolute Gasteiger partial charge is 0.380 e. The number of hydrogen-bond acceptors (Lipinski definition) is 7. The molecule has 2 rings (SSSR count). The van der Waals surface area contributed by atoms with Crippen molar-refractivity contribution in [2.24, 2.45) is 0 Å². The van der Waals surface area contributed by atoms with Gasteiger partial charge in [0.1, 0.15) is 6.33 Å². The van der Waals surface area contributed by atoms with E-state index >= 15 is 0 Å². The molecule has 8 nitrogen and oxygen atoms in total. The molecule has 0 radical (unpaired) electrons. The zero-order valence-electron chi connectivity index (χ0n) is 11.0. The number of nitrogens with zero attached hydrogens (tertiary/aromatic N) is 5. The fourth-order valence-electron chi connectivity index (χ4n) is 1.43. The molecule has 0 spiro atoms. The van der Waals surface area contributed by atoms with Gasteiger partial charge >= 0.3 is 0 Å². The number of ether oxygens (including phenoxy) is 1. The van der Waals surface area contributed by atoms with Crippen LogP contribution < -0.4 is 10.6 Å². The van der Waals surface area contributed by atoms with E-state index in [9.17, 15) is 0 Å². The van der Waals surface area contributed by atoms with E-state index in [1.165, 1.54) is 0 Å². The summed E-state index contributed by atoms with van der Waals surface area (Å²) in [6.07, 6.45) is 5.09. The average molecular weight is 263 g/mol. The third-order valence-corrected chi connectivity index (χ3v) is 2.32. The molecular weight excluding hydrogens is 246 g/mol. The molecule has 19 heavy (non-hydrogen) atoms. The van der Waals surface area contributed by atoms with Gasteiger partial charge in [-0.3, -0.25) is 4.57 Å². The number of aromatic nitrogens is 5. The van der Waals surface area contributed by atoms with E-state index in [0.717, 1.165) is 0 Å². The van der Waals surface area contributed by atoms with Crippen molar-refractivity contribution in [1.82, 2.24) is 24.5 Å². The Kier molecular flexibility index (Phi) is 4.62. The first kappa shape index (κ1) is 13.2. The van der Waals surface area contributed by atoms with Crippen LogP contribution in [0, 0.1) is 0 Å². The summed E-state index contributed by atoms with van der Waals surface area (Å²) in [6, 6.07) is 0. The minimum atomic E-state index is 0.498. The van der Waals surface area contributed by atoms with E-state index in [4.69, 9.17) is 4.74 Å². The molecular formula is C11H17N7O. The van der Waals surface area contributed by atoms with Crippen LogP contribution >= 0.6 is 0 Å². The third kappa shape index (κ3) is 3.62. The van der Waals surface area contributed by atoms with Crippen LogP contribution in [-0.4, -0.2) is 51.3 Å². The number of rotatable bonds is 7. The van der Waals surface area contributed by atoms with Crippen LogP contribution in [0.5, 0.6) is 0 Å². The summed E-state index contributed by atoms with van der Waals surface area (Å²) in [5, 5.41) is 6.00. The normalized spacial score (nSPS) is 10.4. The highest BCUT2D eigenvalue weighted by molar-refractivity contribution is 5.37. The predicted molar refractivity (Wildman–Crippen MR) is 71.5 cm³/mol. The smallest absolute Gasteiger partial charge is 0.241 e. The van der Waals surface area contributed by atoms with Gasteiger partial charge in [0.2, 0.25) is 17.8 Å². The molecule has 102 valence electrons. The van der Waals surface area contributed by atoms with E-state index in [0.29, 0.717) is 37.6 Å². The number of imidazole rings is 1. The predicted octanol–water partition coefficient (Wildman–Crippen LogP) is 0.547. The van der Waals surface area contributed by atoms with Gasteiger partial charge in [-0.05, 0) is 6.92 Å². The zero-order chi connectivity index (χ0) is 13.5. The second-order valence-corrected chi connectivity index (χ2v) is 3.63. The molecule has 8 heteroatoms. The first-order valence-electron chi connectivity index (χ1n) is 6.07. The van der Waals surface area contributed by atoms with E-state index in [1.807, 2.05) is 6.92 Å². The van der Waals surface area contributed by atoms with Crippen molar-refractivity contribution in [3.05, 3.63) is 18.7 Å². The van der Waals surface area contributed by atoms with Crippen molar-refractivity contribution >= 4 is 11.9 Å². The lowest BCUT2D eigenvalue weighted by atomic mass is 10.6. The van der Waals surface area contributed by atoms with Crippen molar-refractivity contribution < 1.29 is 4.74 Å². The van der Waals surface area contributed by atoms with Crippen molar-refractivity contribution in [3.63, 3.8) is 0 Å². The van der Waals surface area contributed by atoms with Gasteiger partial charge in [-0.25, -0.2) is 4.98 Å². The van der Waals surface area contributed by atoms with Gasteiger partial charge in [0.15, 0.2) is 0 Å². The van der Waals surface area contributed by atoms with Crippen molar-refractivity contribution in [3.8, 4) is 5.95 Å². The molecule has 2 aromatic rings. The highest BCUT2D eigenvalue weighted by Crippen LogP contribution is 2.08. The minimum absolute atomic E-state index is 0.498. The Morgan fingerprint density at radius 2 is 2.11 bits per heavy atom. The van der Waals surface area contributed by atoms with Crippen molar-refractivity contribution in [2.45, 2.75) is 6.92 Å². The molecule has 0 aliphatic carbocycles. The Bertz CT molecular complexity index is 500. The Balaban J connectivity index is 2.12. The first-order valence-corrected chi connectivity index (χ1v) is 6.07. The van der Waals surface area contributed by atoms with E-state index in [1.54, 1.807) is 30.3 Å². The van der Waals surface area contributed by atoms with Crippen molar-refractivity contribution in [2.75, 3.05) is 37.4 Å². The molecule has 0 aliphatic rings. The summed E-state index contributed by atoms with van der Waals surface area (Å²) in [7, 11) is 1.76. The highest BCUT2D eigenvalue weighted by atomic mass is 16.5. The first-order chi connectivity index (χ1) is 9.33. The SMILES string of the molecule is CCOCCNc1nc(NC)nc(-n2ccnc2)n1. The van der Waals surface area contributed by atoms with Crippen LogP contribution in [0.15, 0.2) is 18.7 Å². The van der Waals surface area contributed by atoms with Crippen LogP contribution in [-0.2, 0) is 4.74 Å². The van der Waals surface area contributed by atoms with Crippen LogP contribution in [0.25, 0.3) is 5.95 Å². The standard InChI is InChI=1S/C11H17N7O/c1-3-19-7-5-14-10-15-9(12-2)16-11(17-10)18-6-4-13-8-18/h4,6,8H,3,5,7H2,1-2H3,(H2,12,14,15,16,17). The monoisotopic (exact) mass is 263 g/mol. The summed E-state index contributed by atoms with van der Waals surface area (Å²) in [4.78, 5) is 16.8. The molecule has 0 unspecified atom stereocenters. The van der Waals surface area contributed by atoms with Crippen LogP contribution in [0.2, 0.25) is 0 Å². The third-order valence-electron chi connectivity index (χ3n) is 2.32. The molecule has 2 N–H and O–H groups in total. The molecule has 2 heterocycles. The molecule has 0 fully saturated rings. The molecule has 0 aliphatic heterocycles. The summed E-state index contributed by atoms with van der Waals surface area (Å²) >= 11 is 0. The van der Waals surface area contributed by atoms with Gasteiger partial charge in [0, 0.05) is 32.6 Å². The van der Waals surface area contributed by atoms with Gasteiger partial charge in [0.05, 0.1) is 6.61 Å². The lowest BCUT2D eigenvalue weighted by Gasteiger charge is -2.08. The lowest BCUT2D eigenvalue weighted by Crippen LogP contribution is -2.14. The maximum absolute atomic E-state index is 5.25. The average Bonchev–Trinajstić information content (AvgIpc) is 2.97. The highest BCUT2D eigenvalue weighted by Gasteiger charge is 2.06. The van der Waals surface area contributed by atoms with Crippen LogP contribution in [0.4, 0.5) is 11.9 Å². The Morgan fingerprint density at radius 1 is 1.26 bits per heavy atom. The fraction of sp³-hybridized carbons (Fsp3) is 0.455. The lowest BCUT2D eigenvalue weighted by molar-refractivity contribution is 0.158. The fourth-order valence-corrected chi connectivity index (χ4v) is 1.43. The second-order valence-electron chi connectivity index (χ2n) is 3.63. The Labute approximate surface area is 111 Å². The summed E-state index contributed by atoms with van der Waals surface area (Å²) in [5.41, 5.74) is 0. The summed E-state index contributed by atoms with van der Waals surface area (Å²) < 4.78 is 6.97. The van der Waals surface area contributed by atoms with Gasteiger partial charge in [0.25, 0.3) is 0 Å². The van der Waals surface area contributed by atoms with Gasteiger partial charge in [-0.15, -0.1) is 0 Å². The van der Waals surface area contributed by atoms with E-state index < -0.39 is 0 Å². The zero-order valence-corrected chi connectivity index (χ0v) is 11.0. The summed E-state index contributed by atoms with van der Waals surface area (Å²) in [6.45, 7) is 3.90. The maximum Gasteiger partial charge on any atom is 0.241 e. The molecule has 0 amide bonds. The Hall–Kier alpha value is -2.22. The van der Waals surface area contributed by atoms with Crippen molar-refractivity contribution in [1.29, 1.82) is 0 Å². The summed E-state index contributed by atoms with van der Waals surface area (Å²) in [5.74, 6) is 1.51. The molecule has 0 atom stereocenters. The Morgan fingerprint density at radius 3 is 2.79 bits per heavy atom. The second kappa shape index (κ2) is 6.64. The van der Waals surface area contributed by atoms with Gasteiger partial charge < -0.3 is 15.4 Å². The van der Waals surface area contributed by atoms with E-state index in [-0.39, 0.29) is 0 Å². The molecule has 2 aromatic heterocycles. The number of nitrogens with one attached hydrogen (secondary N) is 2. The topological polar surface area (TPSA) is 89.8 Å². The number of hydrogen-bond donors (Lipinski definition) is 2. The maximum atomic E-state index is 5.25.